The van der Waals surface area contributed by atoms with Gasteiger partial charge in [0, 0.05) is 31.5 Å². The number of benzene rings is 1. The topological polar surface area (TPSA) is 86.5 Å². The Kier molecular flexibility index (Phi) is 4.93. The predicted molar refractivity (Wildman–Crippen MR) is 88.8 cm³/mol. The molecule has 1 aromatic heterocycles. The number of aromatic nitrogens is 2. The van der Waals surface area contributed by atoms with Gasteiger partial charge >= 0.3 is 0 Å². The summed E-state index contributed by atoms with van der Waals surface area (Å²) in [6.45, 7) is 1.38. The number of hydrogen-bond acceptors (Lipinski definition) is 5. The van der Waals surface area contributed by atoms with Gasteiger partial charge in [0.15, 0.2) is 0 Å². The molecule has 0 atom stereocenters. The van der Waals surface area contributed by atoms with E-state index in [-0.39, 0.29) is 23.0 Å². The lowest BCUT2D eigenvalue weighted by atomic mass is 9.90. The van der Waals surface area contributed by atoms with E-state index < -0.39 is 0 Å². The molecule has 2 aromatic rings. The average molecular weight is 327 g/mol. The van der Waals surface area contributed by atoms with Crippen LogP contribution in [0.3, 0.4) is 0 Å². The number of hydrogen-bond donors (Lipinski definition) is 2. The molecule has 0 bridgehead atoms. The fourth-order valence-electron chi connectivity index (χ4n) is 3.13. The van der Waals surface area contributed by atoms with Gasteiger partial charge in [-0.15, -0.1) is 0 Å². The van der Waals surface area contributed by atoms with Crippen LogP contribution in [0.25, 0.3) is 0 Å². The van der Waals surface area contributed by atoms with Gasteiger partial charge in [-0.3, -0.25) is 4.79 Å². The van der Waals surface area contributed by atoms with Crippen molar-refractivity contribution in [2.75, 3.05) is 13.1 Å². The molecule has 1 amide bonds. The minimum Gasteiger partial charge on any atom is -0.508 e. The Morgan fingerprint density at radius 2 is 1.88 bits per heavy atom. The van der Waals surface area contributed by atoms with E-state index in [0.29, 0.717) is 19.0 Å². The van der Waals surface area contributed by atoms with Crippen molar-refractivity contribution in [1.29, 1.82) is 0 Å². The van der Waals surface area contributed by atoms with Crippen molar-refractivity contribution < 1.29 is 15.0 Å². The minimum absolute atomic E-state index is 0.0485. The van der Waals surface area contributed by atoms with Crippen LogP contribution in [0.5, 0.6) is 11.5 Å². The van der Waals surface area contributed by atoms with Gasteiger partial charge in [0.1, 0.15) is 17.8 Å². The number of phenols is 2. The van der Waals surface area contributed by atoms with Gasteiger partial charge in [0.25, 0.3) is 5.91 Å². The third-order valence-electron chi connectivity index (χ3n) is 4.57. The van der Waals surface area contributed by atoms with Crippen LogP contribution in [0, 0.1) is 5.92 Å². The van der Waals surface area contributed by atoms with Gasteiger partial charge in [-0.1, -0.05) is 0 Å². The summed E-state index contributed by atoms with van der Waals surface area (Å²) in [5, 5.41) is 19.2. The van der Waals surface area contributed by atoms with Gasteiger partial charge in [0.2, 0.25) is 0 Å². The van der Waals surface area contributed by atoms with Gasteiger partial charge in [-0.05, 0) is 49.3 Å². The number of aryl methyl sites for hydroxylation is 1. The molecule has 0 unspecified atom stereocenters. The monoisotopic (exact) mass is 327 g/mol. The summed E-state index contributed by atoms with van der Waals surface area (Å²) in [5.74, 6) is 0.184. The Labute approximate surface area is 140 Å². The zero-order valence-corrected chi connectivity index (χ0v) is 13.4. The summed E-state index contributed by atoms with van der Waals surface area (Å²) in [5.41, 5.74) is 1.39. The van der Waals surface area contributed by atoms with Crippen molar-refractivity contribution in [1.82, 2.24) is 14.9 Å². The highest BCUT2D eigenvalue weighted by Crippen LogP contribution is 2.27. The molecule has 0 aliphatic carbocycles. The summed E-state index contributed by atoms with van der Waals surface area (Å²) < 4.78 is 0. The molecule has 6 nitrogen and oxygen atoms in total. The molecule has 0 radical (unpaired) electrons. The van der Waals surface area contributed by atoms with E-state index in [9.17, 15) is 15.0 Å². The molecule has 0 spiro atoms. The van der Waals surface area contributed by atoms with Crippen molar-refractivity contribution in [3.05, 3.63) is 48.0 Å². The number of phenolic OH excluding ortho intramolecular Hbond substituents is 2. The zero-order chi connectivity index (χ0) is 16.9. The number of rotatable bonds is 4. The highest BCUT2D eigenvalue weighted by molar-refractivity contribution is 5.97. The lowest BCUT2D eigenvalue weighted by Gasteiger charge is -2.32. The fourth-order valence-corrected chi connectivity index (χ4v) is 3.13. The summed E-state index contributed by atoms with van der Waals surface area (Å²) >= 11 is 0. The largest absolute Gasteiger partial charge is 0.508 e. The molecule has 6 heteroatoms. The third kappa shape index (κ3) is 3.82. The van der Waals surface area contributed by atoms with E-state index in [1.54, 1.807) is 4.90 Å². The molecule has 1 saturated heterocycles. The van der Waals surface area contributed by atoms with E-state index in [4.69, 9.17) is 0 Å². The lowest BCUT2D eigenvalue weighted by molar-refractivity contribution is 0.0684. The first kappa shape index (κ1) is 16.2. The standard InChI is InChI=1S/C18H21N3O3/c22-15-3-4-16(17(23)9-15)18(24)21-7-5-13(6-8-21)1-2-14-10-19-12-20-11-14/h3-4,9-13,22-23H,1-2,5-8H2. The zero-order valence-electron chi connectivity index (χ0n) is 13.4. The van der Waals surface area contributed by atoms with E-state index in [1.807, 2.05) is 12.4 Å². The summed E-state index contributed by atoms with van der Waals surface area (Å²) in [4.78, 5) is 22.3. The molecular weight excluding hydrogens is 306 g/mol. The molecular formula is C18H21N3O3. The van der Waals surface area contributed by atoms with Gasteiger partial charge in [-0.2, -0.15) is 0 Å². The van der Waals surface area contributed by atoms with Crippen molar-refractivity contribution >= 4 is 5.91 Å². The Bertz CT molecular complexity index is 698. The van der Waals surface area contributed by atoms with E-state index in [2.05, 4.69) is 9.97 Å². The highest BCUT2D eigenvalue weighted by Gasteiger charge is 2.25. The third-order valence-corrected chi connectivity index (χ3v) is 4.57. The van der Waals surface area contributed by atoms with Gasteiger partial charge < -0.3 is 15.1 Å². The first-order chi connectivity index (χ1) is 11.6. The SMILES string of the molecule is O=C(c1ccc(O)cc1O)N1CCC(CCc2cncnc2)CC1. The van der Waals surface area contributed by atoms with Crippen molar-refractivity contribution in [2.24, 2.45) is 5.92 Å². The van der Waals surface area contributed by atoms with E-state index in [0.717, 1.165) is 31.2 Å². The average Bonchev–Trinajstić information content (AvgIpc) is 2.61. The second kappa shape index (κ2) is 7.29. The molecule has 1 aliphatic heterocycles. The fraction of sp³-hybridized carbons (Fsp3) is 0.389. The van der Waals surface area contributed by atoms with Crippen molar-refractivity contribution in [3.63, 3.8) is 0 Å². The van der Waals surface area contributed by atoms with Crippen LogP contribution in [0.4, 0.5) is 0 Å². The van der Waals surface area contributed by atoms with Gasteiger partial charge in [0.05, 0.1) is 5.56 Å². The molecule has 24 heavy (non-hydrogen) atoms. The van der Waals surface area contributed by atoms with Crippen molar-refractivity contribution in [3.8, 4) is 11.5 Å². The van der Waals surface area contributed by atoms with Crippen LogP contribution in [0.15, 0.2) is 36.9 Å². The van der Waals surface area contributed by atoms with Gasteiger partial charge in [-0.25, -0.2) is 9.97 Å². The normalized spacial score (nSPS) is 15.4. The summed E-state index contributed by atoms with van der Waals surface area (Å²) in [6.07, 6.45) is 9.17. The Morgan fingerprint density at radius 1 is 1.17 bits per heavy atom. The first-order valence-corrected chi connectivity index (χ1v) is 8.18. The number of aromatic hydroxyl groups is 2. The predicted octanol–water partition coefficient (Wildman–Crippen LogP) is 2.37. The van der Waals surface area contributed by atoms with E-state index >= 15 is 0 Å². The molecule has 3 rings (SSSR count). The van der Waals surface area contributed by atoms with Crippen LogP contribution < -0.4 is 0 Å². The van der Waals surface area contributed by atoms with Crippen LogP contribution in [0.1, 0.15) is 35.2 Å². The molecule has 1 aromatic carbocycles. The molecule has 2 N–H and O–H groups in total. The smallest absolute Gasteiger partial charge is 0.257 e. The lowest BCUT2D eigenvalue weighted by Crippen LogP contribution is -2.38. The van der Waals surface area contributed by atoms with Crippen LogP contribution >= 0.6 is 0 Å². The number of nitrogens with zero attached hydrogens (tertiary/aromatic N) is 3. The van der Waals surface area contributed by atoms with Crippen LogP contribution in [-0.4, -0.2) is 44.1 Å². The first-order valence-electron chi connectivity index (χ1n) is 8.18. The maximum absolute atomic E-state index is 12.5. The minimum atomic E-state index is -0.178. The van der Waals surface area contributed by atoms with Crippen molar-refractivity contribution in [2.45, 2.75) is 25.7 Å². The number of piperidine rings is 1. The second-order valence-electron chi connectivity index (χ2n) is 6.22. The number of carbonyl (C=O) groups is 1. The Balaban J connectivity index is 1.52. The molecule has 0 saturated carbocycles. The molecule has 126 valence electrons. The molecule has 1 fully saturated rings. The summed E-state index contributed by atoms with van der Waals surface area (Å²) in [7, 11) is 0. The van der Waals surface area contributed by atoms with Crippen LogP contribution in [-0.2, 0) is 6.42 Å². The second-order valence-corrected chi connectivity index (χ2v) is 6.22. The number of carbonyl (C=O) groups excluding carboxylic acids is 1. The number of likely N-dealkylation sites (tertiary alicyclic amines) is 1. The quantitative estimate of drug-likeness (QED) is 0.900. The molecule has 2 heterocycles. The highest BCUT2D eigenvalue weighted by atomic mass is 16.3. The maximum atomic E-state index is 12.5. The maximum Gasteiger partial charge on any atom is 0.257 e. The summed E-state index contributed by atoms with van der Waals surface area (Å²) in [6, 6.07) is 4.08. The number of amides is 1. The van der Waals surface area contributed by atoms with E-state index in [1.165, 1.54) is 24.5 Å². The molecule has 1 aliphatic rings. The Hall–Kier alpha value is -2.63. The van der Waals surface area contributed by atoms with Crippen LogP contribution in [0.2, 0.25) is 0 Å². The Morgan fingerprint density at radius 3 is 2.54 bits per heavy atom.